The predicted octanol–water partition coefficient (Wildman–Crippen LogP) is 3.38. The van der Waals surface area contributed by atoms with E-state index in [9.17, 15) is 9.59 Å². The predicted molar refractivity (Wildman–Crippen MR) is 95.7 cm³/mol. The first-order valence-electron chi connectivity index (χ1n) is 8.22. The van der Waals surface area contributed by atoms with Gasteiger partial charge in [0.05, 0.1) is 6.04 Å². The molecule has 0 spiro atoms. The van der Waals surface area contributed by atoms with E-state index in [-0.39, 0.29) is 17.9 Å². The summed E-state index contributed by atoms with van der Waals surface area (Å²) in [5, 5.41) is 5.74. The Morgan fingerprint density at radius 2 is 1.54 bits per heavy atom. The van der Waals surface area contributed by atoms with Crippen LogP contribution in [0, 0.1) is 0 Å². The van der Waals surface area contributed by atoms with E-state index in [2.05, 4.69) is 41.8 Å². The summed E-state index contributed by atoms with van der Waals surface area (Å²) in [7, 11) is 0. The lowest BCUT2D eigenvalue weighted by atomic mass is 10.0. The molecule has 126 valence electrons. The smallest absolute Gasteiger partial charge is 0.251 e. The van der Waals surface area contributed by atoms with Gasteiger partial charge < -0.3 is 10.6 Å². The summed E-state index contributed by atoms with van der Waals surface area (Å²) in [5.41, 5.74) is 3.94. The van der Waals surface area contributed by atoms with Gasteiger partial charge >= 0.3 is 0 Å². The molecule has 0 saturated carbocycles. The fraction of sp³-hybridized carbons (Fsp3) is 0.300. The lowest BCUT2D eigenvalue weighted by Gasteiger charge is -2.15. The average molecular weight is 324 g/mol. The Bertz CT molecular complexity index is 691. The monoisotopic (exact) mass is 324 g/mol. The summed E-state index contributed by atoms with van der Waals surface area (Å²) in [5.74, 6) is -0.173. The second-order valence-corrected chi connectivity index (χ2v) is 5.90. The van der Waals surface area contributed by atoms with E-state index in [0.717, 1.165) is 17.5 Å². The Hall–Kier alpha value is -2.62. The van der Waals surface area contributed by atoms with Crippen LogP contribution in [0.2, 0.25) is 0 Å². The number of carbonyl (C=O) groups excluding carboxylic acids is 2. The van der Waals surface area contributed by atoms with Crippen LogP contribution in [0.4, 0.5) is 0 Å². The molecule has 0 unspecified atom stereocenters. The second-order valence-electron chi connectivity index (χ2n) is 5.90. The van der Waals surface area contributed by atoms with Gasteiger partial charge in [0.1, 0.15) is 0 Å². The molecule has 24 heavy (non-hydrogen) atoms. The number of amides is 2. The molecule has 0 aliphatic heterocycles. The van der Waals surface area contributed by atoms with Crippen molar-refractivity contribution in [1.29, 1.82) is 0 Å². The zero-order valence-electron chi connectivity index (χ0n) is 14.4. The van der Waals surface area contributed by atoms with Gasteiger partial charge in [0.15, 0.2) is 0 Å². The number of hydrogen-bond acceptors (Lipinski definition) is 2. The Labute approximate surface area is 143 Å². The van der Waals surface area contributed by atoms with Crippen LogP contribution in [0.3, 0.4) is 0 Å². The van der Waals surface area contributed by atoms with Crippen LogP contribution in [0.15, 0.2) is 48.5 Å². The normalized spacial score (nSPS) is 11.6. The van der Waals surface area contributed by atoms with Crippen LogP contribution in [-0.2, 0) is 17.8 Å². The summed E-state index contributed by atoms with van der Waals surface area (Å²) >= 11 is 0. The lowest BCUT2D eigenvalue weighted by Crippen LogP contribution is -2.26. The van der Waals surface area contributed by atoms with E-state index < -0.39 is 0 Å². The summed E-state index contributed by atoms with van der Waals surface area (Å²) in [6.07, 6.45) is 1.01. The third-order valence-electron chi connectivity index (χ3n) is 3.99. The molecule has 2 rings (SSSR count). The molecule has 2 aromatic carbocycles. The molecule has 0 radical (unpaired) electrons. The molecule has 0 aliphatic rings. The van der Waals surface area contributed by atoms with Crippen molar-refractivity contribution in [3.8, 4) is 0 Å². The van der Waals surface area contributed by atoms with Crippen LogP contribution < -0.4 is 10.6 Å². The van der Waals surface area contributed by atoms with Gasteiger partial charge in [0.25, 0.3) is 5.91 Å². The van der Waals surface area contributed by atoms with E-state index in [1.165, 1.54) is 12.5 Å². The van der Waals surface area contributed by atoms with Crippen molar-refractivity contribution in [2.45, 2.75) is 39.8 Å². The number of nitrogens with one attached hydrogen (secondary N) is 2. The molecule has 0 aliphatic carbocycles. The van der Waals surface area contributed by atoms with Crippen molar-refractivity contribution in [1.82, 2.24) is 10.6 Å². The number of hydrogen-bond donors (Lipinski definition) is 2. The molecular formula is C20H24N2O2. The summed E-state index contributed by atoms with van der Waals surface area (Å²) in [6.45, 7) is 6.05. The third kappa shape index (κ3) is 4.95. The maximum absolute atomic E-state index is 12.3. The molecule has 0 saturated heterocycles. The van der Waals surface area contributed by atoms with Crippen LogP contribution in [0.25, 0.3) is 0 Å². The minimum absolute atomic E-state index is 0.0533. The van der Waals surface area contributed by atoms with Crippen LogP contribution >= 0.6 is 0 Å². The fourth-order valence-electron chi connectivity index (χ4n) is 2.41. The number of aryl methyl sites for hydroxylation is 1. The van der Waals surface area contributed by atoms with Gasteiger partial charge in [-0.2, -0.15) is 0 Å². The highest BCUT2D eigenvalue weighted by Crippen LogP contribution is 2.15. The van der Waals surface area contributed by atoms with Crippen molar-refractivity contribution < 1.29 is 9.59 Å². The van der Waals surface area contributed by atoms with Crippen LogP contribution in [0.1, 0.15) is 53.9 Å². The highest BCUT2D eigenvalue weighted by atomic mass is 16.2. The third-order valence-corrected chi connectivity index (χ3v) is 3.99. The quantitative estimate of drug-likeness (QED) is 0.856. The number of benzene rings is 2. The van der Waals surface area contributed by atoms with Crippen molar-refractivity contribution in [3.05, 3.63) is 70.8 Å². The Morgan fingerprint density at radius 3 is 2.08 bits per heavy atom. The summed E-state index contributed by atoms with van der Waals surface area (Å²) in [6, 6.07) is 15.5. The van der Waals surface area contributed by atoms with Gasteiger partial charge in [0, 0.05) is 19.0 Å². The molecule has 2 amide bonds. The van der Waals surface area contributed by atoms with Crippen LogP contribution in [-0.4, -0.2) is 11.8 Å². The molecule has 2 aromatic rings. The molecule has 0 bridgehead atoms. The SMILES string of the molecule is CCc1ccc([C@@H](C)NC(=O)c2ccc(CNC(C)=O)cc2)cc1. The maximum Gasteiger partial charge on any atom is 0.251 e. The van der Waals surface area contributed by atoms with E-state index in [0.29, 0.717) is 12.1 Å². The summed E-state index contributed by atoms with van der Waals surface area (Å²) in [4.78, 5) is 23.3. The van der Waals surface area contributed by atoms with Crippen molar-refractivity contribution >= 4 is 11.8 Å². The number of rotatable bonds is 6. The molecule has 1 atom stereocenters. The molecule has 0 fully saturated rings. The second kappa shape index (κ2) is 8.29. The summed E-state index contributed by atoms with van der Waals surface area (Å²) < 4.78 is 0. The number of carbonyl (C=O) groups is 2. The van der Waals surface area contributed by atoms with E-state index in [4.69, 9.17) is 0 Å². The van der Waals surface area contributed by atoms with E-state index in [1.807, 2.05) is 19.1 Å². The zero-order valence-corrected chi connectivity index (χ0v) is 14.4. The van der Waals surface area contributed by atoms with E-state index >= 15 is 0 Å². The van der Waals surface area contributed by atoms with Gasteiger partial charge in [-0.15, -0.1) is 0 Å². The highest BCUT2D eigenvalue weighted by molar-refractivity contribution is 5.94. The maximum atomic E-state index is 12.3. The van der Waals surface area contributed by atoms with Gasteiger partial charge in [-0.1, -0.05) is 43.3 Å². The Kier molecular flexibility index (Phi) is 6.13. The minimum atomic E-state index is -0.104. The standard InChI is InChI=1S/C20H24N2O2/c1-4-16-5-9-18(10-6-16)14(2)22-20(24)19-11-7-17(8-12-19)13-21-15(3)23/h5-12,14H,4,13H2,1-3H3,(H,21,23)(H,22,24)/t14-/m1/s1. The van der Waals surface area contributed by atoms with Gasteiger partial charge in [-0.05, 0) is 42.2 Å². The molecule has 2 N–H and O–H groups in total. The largest absolute Gasteiger partial charge is 0.352 e. The Balaban J connectivity index is 1.96. The average Bonchev–Trinajstić information content (AvgIpc) is 2.60. The zero-order chi connectivity index (χ0) is 17.5. The van der Waals surface area contributed by atoms with Crippen molar-refractivity contribution in [3.63, 3.8) is 0 Å². The first-order chi connectivity index (χ1) is 11.5. The molecule has 4 nitrogen and oxygen atoms in total. The van der Waals surface area contributed by atoms with Crippen molar-refractivity contribution in [2.75, 3.05) is 0 Å². The first-order valence-corrected chi connectivity index (χ1v) is 8.22. The van der Waals surface area contributed by atoms with Gasteiger partial charge in [-0.25, -0.2) is 0 Å². The topological polar surface area (TPSA) is 58.2 Å². The van der Waals surface area contributed by atoms with Gasteiger partial charge in [0.2, 0.25) is 5.91 Å². The molecule has 4 heteroatoms. The fourth-order valence-corrected chi connectivity index (χ4v) is 2.41. The first kappa shape index (κ1) is 17.7. The van der Waals surface area contributed by atoms with Gasteiger partial charge in [-0.3, -0.25) is 9.59 Å². The van der Waals surface area contributed by atoms with Crippen LogP contribution in [0.5, 0.6) is 0 Å². The lowest BCUT2D eigenvalue weighted by molar-refractivity contribution is -0.119. The van der Waals surface area contributed by atoms with E-state index in [1.54, 1.807) is 12.1 Å². The molecular weight excluding hydrogens is 300 g/mol. The highest BCUT2D eigenvalue weighted by Gasteiger charge is 2.11. The molecule has 0 aromatic heterocycles. The van der Waals surface area contributed by atoms with Crippen molar-refractivity contribution in [2.24, 2.45) is 0 Å². The molecule has 0 heterocycles. The minimum Gasteiger partial charge on any atom is -0.352 e. The Morgan fingerprint density at radius 1 is 0.958 bits per heavy atom.